The van der Waals surface area contributed by atoms with Crippen LogP contribution in [0.25, 0.3) is 49.6 Å². The second kappa shape index (κ2) is 18.4. The number of pyridine rings is 4. The third-order valence-electron chi connectivity index (χ3n) is 11.7. The van der Waals surface area contributed by atoms with Crippen LogP contribution in [-0.4, -0.2) is 19.9 Å². The molecule has 0 radical (unpaired) electrons. The van der Waals surface area contributed by atoms with Crippen LogP contribution in [0.3, 0.4) is 0 Å². The first kappa shape index (κ1) is 50.8. The van der Waals surface area contributed by atoms with Crippen molar-refractivity contribution >= 4 is 44.7 Å². The lowest BCUT2D eigenvalue weighted by Gasteiger charge is -2.22. The summed E-state index contributed by atoms with van der Waals surface area (Å²) in [4.78, 5) is 12.6. The lowest BCUT2D eigenvalue weighted by Crippen LogP contribution is -2.14. The quantitative estimate of drug-likeness (QED) is 0.0922. The van der Waals surface area contributed by atoms with Crippen LogP contribution in [-0.2, 0) is 0 Å². The molecule has 0 amide bonds. The molecule has 26 heteroatoms. The number of fused-ring (bicyclic) bond motifs is 2. The summed E-state index contributed by atoms with van der Waals surface area (Å²) in [7, 11) is 0. The largest absolute Gasteiger partial charge is 0.252 e. The molecule has 0 atom stereocenters. The molecule has 3 aromatic carbocycles. The lowest BCUT2D eigenvalue weighted by molar-refractivity contribution is 0.398. The minimum absolute atomic E-state index is 0.544. The molecular weight excluding hydrogens is 1050 g/mol. The predicted octanol–water partition coefficient (Wildman–Crippen LogP) is 12.7. The molecule has 0 saturated carbocycles. The molecule has 0 fully saturated rings. The maximum Gasteiger partial charge on any atom is 0.252 e. The molecule has 0 unspecified atom stereocenters. The predicted molar refractivity (Wildman–Crippen MR) is 223 cm³/mol. The Kier molecular flexibility index (Phi) is 12.3. The molecule has 0 bridgehead atoms. The standard InChI is InChI=1S/C50H8F18N8/c1-72-42-21(14-4-8-16(52)9-5-14)27(29(32-38(57)47(65)75-48(66)39(32)58)33-40(59)49(67)76-50(68)41(33)60)24-18(11-70)22-17(10-69)20(13-2-6-15(51)7-3-13)26(23(22)19(12-71)25(24)42)28(30-34(53)43(61)73-44(62)35(30)54)31-36(55)45(63)74-46(64)37(31)56/h2-9H. The molecule has 7 aromatic rings. The van der Waals surface area contributed by atoms with Crippen LogP contribution in [0.1, 0.15) is 66.8 Å². The monoisotopic (exact) mass is 1060 g/mol. The van der Waals surface area contributed by atoms with Gasteiger partial charge >= 0.3 is 0 Å². The van der Waals surface area contributed by atoms with Crippen molar-refractivity contribution in [2.75, 3.05) is 0 Å². The van der Waals surface area contributed by atoms with Gasteiger partial charge in [0.25, 0.3) is 47.6 Å². The van der Waals surface area contributed by atoms with Crippen molar-refractivity contribution in [3.63, 3.8) is 0 Å². The number of hydrogen-bond donors (Lipinski definition) is 0. The highest BCUT2D eigenvalue weighted by atomic mass is 19.2. The van der Waals surface area contributed by atoms with Gasteiger partial charge < -0.3 is 0 Å². The van der Waals surface area contributed by atoms with E-state index < -0.39 is 217 Å². The molecular formula is C50H8F18N8. The molecule has 0 saturated heterocycles. The van der Waals surface area contributed by atoms with Gasteiger partial charge in [0.05, 0.1) is 51.6 Å². The van der Waals surface area contributed by atoms with Gasteiger partial charge in [-0.15, -0.1) is 0 Å². The van der Waals surface area contributed by atoms with Crippen LogP contribution in [0.5, 0.6) is 0 Å². The SMILES string of the molecule is [C-]#[N+]C1=C(c2ccc(F)cc2)C(=C(c2c(F)c(F)nc(F)c2F)c2c(F)c(F)nc(F)c2F)c2c(C#N)c3c(c(C#N)c21)C(=C(c1c(F)c(F)nc(F)c1F)c1c(F)c(F)nc(F)c1F)C(c1ccc(F)cc1)=C3C#N. The Morgan fingerprint density at radius 2 is 0.645 bits per heavy atom. The average molecular weight is 1060 g/mol. The van der Waals surface area contributed by atoms with Crippen LogP contribution in [0.2, 0.25) is 0 Å². The van der Waals surface area contributed by atoms with Gasteiger partial charge in [0.15, 0.2) is 46.5 Å². The summed E-state index contributed by atoms with van der Waals surface area (Å²) in [6.45, 7) is 8.41. The van der Waals surface area contributed by atoms with E-state index in [0.717, 1.165) is 0 Å². The number of benzene rings is 3. The average Bonchev–Trinajstić information content (AvgIpc) is 3.90. The minimum Gasteiger partial charge on any atom is -0.237 e. The van der Waals surface area contributed by atoms with Crippen LogP contribution in [0, 0.1) is 146 Å². The van der Waals surface area contributed by atoms with E-state index in [1.807, 2.05) is 0 Å². The second-order valence-corrected chi connectivity index (χ2v) is 15.5. The Morgan fingerprint density at radius 1 is 0.368 bits per heavy atom. The Hall–Kier alpha value is -10.1. The van der Waals surface area contributed by atoms with Gasteiger partial charge in [-0.2, -0.15) is 70.8 Å². The molecule has 2 aliphatic carbocycles. The summed E-state index contributed by atoms with van der Waals surface area (Å²) >= 11 is 0. The zero-order chi connectivity index (χ0) is 55.3. The van der Waals surface area contributed by atoms with Crippen molar-refractivity contribution in [1.29, 1.82) is 15.8 Å². The molecule has 4 aromatic heterocycles. The summed E-state index contributed by atoms with van der Waals surface area (Å²) in [5.41, 5.74) is -31.8. The van der Waals surface area contributed by atoms with Crippen molar-refractivity contribution in [3.8, 4) is 18.2 Å². The fourth-order valence-electron chi connectivity index (χ4n) is 8.81. The number of nitrogens with zero attached hydrogens (tertiary/aromatic N) is 8. The van der Waals surface area contributed by atoms with Crippen LogP contribution < -0.4 is 0 Å². The van der Waals surface area contributed by atoms with Crippen molar-refractivity contribution in [1.82, 2.24) is 19.9 Å². The number of halogens is 18. The Balaban J connectivity index is 1.70. The highest BCUT2D eigenvalue weighted by Crippen LogP contribution is 2.61. The summed E-state index contributed by atoms with van der Waals surface area (Å²) < 4.78 is 283. The summed E-state index contributed by atoms with van der Waals surface area (Å²) in [5, 5.41) is 33.7. The van der Waals surface area contributed by atoms with Crippen LogP contribution in [0.15, 0.2) is 48.5 Å². The zero-order valence-electron chi connectivity index (χ0n) is 36.0. The molecule has 0 aliphatic heterocycles. The second-order valence-electron chi connectivity index (χ2n) is 15.5. The summed E-state index contributed by atoms with van der Waals surface area (Å²) in [5.74, 6) is -45.8. The summed E-state index contributed by atoms with van der Waals surface area (Å²) in [6, 6.07) is 9.05. The Labute approximate surface area is 409 Å². The van der Waals surface area contributed by atoms with E-state index in [2.05, 4.69) is 24.8 Å². The molecule has 0 N–H and O–H groups in total. The van der Waals surface area contributed by atoms with Gasteiger partial charge in [-0.3, -0.25) is 0 Å². The fourth-order valence-corrected chi connectivity index (χ4v) is 8.81. The first-order chi connectivity index (χ1) is 36.1. The van der Waals surface area contributed by atoms with Gasteiger partial charge in [-0.1, -0.05) is 24.3 Å². The first-order valence-corrected chi connectivity index (χ1v) is 20.2. The zero-order valence-corrected chi connectivity index (χ0v) is 36.0. The third-order valence-corrected chi connectivity index (χ3v) is 11.7. The van der Waals surface area contributed by atoms with Crippen LogP contribution in [0.4, 0.5) is 79.0 Å². The van der Waals surface area contributed by atoms with Crippen molar-refractivity contribution in [2.45, 2.75) is 0 Å². The number of hydrogen-bond acceptors (Lipinski definition) is 7. The van der Waals surface area contributed by atoms with Crippen molar-refractivity contribution in [3.05, 3.63) is 232 Å². The maximum atomic E-state index is 16.4. The smallest absolute Gasteiger partial charge is 0.237 e. The third kappa shape index (κ3) is 7.32. The van der Waals surface area contributed by atoms with Gasteiger partial charge in [0.2, 0.25) is 5.70 Å². The number of aromatic nitrogens is 4. The Morgan fingerprint density at radius 3 is 0.934 bits per heavy atom. The normalized spacial score (nSPS) is 12.7. The summed E-state index contributed by atoms with van der Waals surface area (Å²) in [6.07, 6.45) is 0. The van der Waals surface area contributed by atoms with Crippen molar-refractivity contribution < 1.29 is 79.0 Å². The van der Waals surface area contributed by atoms with E-state index in [1.165, 1.54) is 18.2 Å². The van der Waals surface area contributed by atoms with Gasteiger partial charge in [0.1, 0.15) is 23.8 Å². The molecule has 374 valence electrons. The van der Waals surface area contributed by atoms with E-state index in [1.54, 1.807) is 0 Å². The molecule has 9 rings (SSSR count). The van der Waals surface area contributed by atoms with Crippen LogP contribution >= 0.6 is 0 Å². The maximum absolute atomic E-state index is 16.4. The van der Waals surface area contributed by atoms with E-state index in [9.17, 15) is 24.6 Å². The van der Waals surface area contributed by atoms with E-state index >= 15 is 70.2 Å². The first-order valence-electron chi connectivity index (χ1n) is 20.2. The number of nitriles is 3. The minimum atomic E-state index is -2.76. The molecule has 2 aliphatic rings. The Bertz CT molecular complexity index is 3670. The topological polar surface area (TPSA) is 127 Å². The van der Waals surface area contributed by atoms with E-state index in [0.29, 0.717) is 48.5 Å². The molecule has 8 nitrogen and oxygen atoms in total. The van der Waals surface area contributed by atoms with E-state index in [4.69, 9.17) is 6.57 Å². The molecule has 0 spiro atoms. The van der Waals surface area contributed by atoms with Crippen molar-refractivity contribution in [2.24, 2.45) is 0 Å². The number of rotatable bonds is 6. The lowest BCUT2D eigenvalue weighted by atomic mass is 9.79. The highest BCUT2D eigenvalue weighted by Gasteiger charge is 2.47. The van der Waals surface area contributed by atoms with Gasteiger partial charge in [-0.25, -0.2) is 48.7 Å². The van der Waals surface area contributed by atoms with Gasteiger partial charge in [0, 0.05) is 39.0 Å². The van der Waals surface area contributed by atoms with E-state index in [-0.39, 0.29) is 0 Å². The highest BCUT2D eigenvalue weighted by molar-refractivity contribution is 6.36. The van der Waals surface area contributed by atoms with Gasteiger partial charge in [-0.05, 0) is 52.1 Å². The molecule has 4 heterocycles. The fraction of sp³-hybridized carbons (Fsp3) is 0. The number of allylic oxidation sites excluding steroid dienone is 5. The molecule has 76 heavy (non-hydrogen) atoms.